The molecule has 84 valence electrons. The van der Waals surface area contributed by atoms with Gasteiger partial charge in [-0.25, -0.2) is 0 Å². The number of likely N-dealkylation sites (N-methyl/N-ethyl adjacent to an activating group) is 1. The zero-order valence-electron chi connectivity index (χ0n) is 9.71. The molecule has 0 aromatic carbocycles. The van der Waals surface area contributed by atoms with Crippen molar-refractivity contribution in [2.24, 2.45) is 5.73 Å². The molecular formula is C12H21N3. The van der Waals surface area contributed by atoms with Crippen LogP contribution in [0.2, 0.25) is 0 Å². The maximum absolute atomic E-state index is 5.69. The highest BCUT2D eigenvalue weighted by molar-refractivity contribution is 5.27. The first kappa shape index (κ1) is 10.7. The van der Waals surface area contributed by atoms with Gasteiger partial charge in [-0.05, 0) is 45.0 Å². The number of nitrogens with one attached hydrogen (secondary N) is 1. The Hall–Kier alpha value is -0.800. The van der Waals surface area contributed by atoms with E-state index in [9.17, 15) is 0 Å². The van der Waals surface area contributed by atoms with Gasteiger partial charge in [0.1, 0.15) is 0 Å². The quantitative estimate of drug-likeness (QED) is 0.773. The average molecular weight is 207 g/mol. The predicted molar refractivity (Wildman–Crippen MR) is 62.9 cm³/mol. The maximum atomic E-state index is 5.69. The Balaban J connectivity index is 2.14. The summed E-state index contributed by atoms with van der Waals surface area (Å²) in [4.78, 5) is 5.89. The van der Waals surface area contributed by atoms with Crippen LogP contribution in [0.3, 0.4) is 0 Å². The molecule has 1 aromatic heterocycles. The molecule has 0 bridgehead atoms. The van der Waals surface area contributed by atoms with Crippen LogP contribution in [0.25, 0.3) is 0 Å². The third-order valence-corrected chi connectivity index (χ3v) is 3.43. The number of hydrogen-bond acceptors (Lipinski definition) is 2. The standard InChI is InChI=1S/C12H21N3/c1-9-11(7-13)6-12(14-9)10-4-3-5-15(2)8-10/h6,10,14H,3-5,7-8,13H2,1-2H3. The second kappa shape index (κ2) is 4.37. The second-order valence-electron chi connectivity index (χ2n) is 4.68. The van der Waals surface area contributed by atoms with Gasteiger partial charge < -0.3 is 15.6 Å². The van der Waals surface area contributed by atoms with Crippen LogP contribution in [-0.4, -0.2) is 30.0 Å². The number of aryl methyl sites for hydroxylation is 1. The van der Waals surface area contributed by atoms with Crippen molar-refractivity contribution in [3.63, 3.8) is 0 Å². The number of likely N-dealkylation sites (tertiary alicyclic amines) is 1. The van der Waals surface area contributed by atoms with Crippen LogP contribution in [0.15, 0.2) is 6.07 Å². The number of aromatic amines is 1. The third-order valence-electron chi connectivity index (χ3n) is 3.43. The zero-order valence-corrected chi connectivity index (χ0v) is 9.71. The van der Waals surface area contributed by atoms with Gasteiger partial charge >= 0.3 is 0 Å². The second-order valence-corrected chi connectivity index (χ2v) is 4.68. The number of rotatable bonds is 2. The van der Waals surface area contributed by atoms with Crippen LogP contribution in [-0.2, 0) is 6.54 Å². The van der Waals surface area contributed by atoms with Crippen molar-refractivity contribution in [2.45, 2.75) is 32.2 Å². The van der Waals surface area contributed by atoms with E-state index in [0.717, 1.165) is 0 Å². The molecule has 3 nitrogen and oxygen atoms in total. The van der Waals surface area contributed by atoms with E-state index in [2.05, 4.69) is 29.9 Å². The van der Waals surface area contributed by atoms with Gasteiger partial charge in [-0.1, -0.05) is 0 Å². The zero-order chi connectivity index (χ0) is 10.8. The van der Waals surface area contributed by atoms with Crippen LogP contribution in [0.1, 0.15) is 35.7 Å². The monoisotopic (exact) mass is 207 g/mol. The maximum Gasteiger partial charge on any atom is 0.0196 e. The van der Waals surface area contributed by atoms with Crippen molar-refractivity contribution in [3.8, 4) is 0 Å². The number of piperidine rings is 1. The summed E-state index contributed by atoms with van der Waals surface area (Å²) in [6, 6.07) is 2.25. The van der Waals surface area contributed by atoms with E-state index >= 15 is 0 Å². The molecule has 1 aromatic rings. The van der Waals surface area contributed by atoms with Crippen molar-refractivity contribution >= 4 is 0 Å². The molecule has 0 aliphatic carbocycles. The normalized spacial score (nSPS) is 23.3. The lowest BCUT2D eigenvalue weighted by Gasteiger charge is -2.29. The summed E-state index contributed by atoms with van der Waals surface area (Å²) in [5.74, 6) is 0.669. The van der Waals surface area contributed by atoms with Crippen LogP contribution in [0.4, 0.5) is 0 Å². The molecule has 15 heavy (non-hydrogen) atoms. The number of H-pyrrole nitrogens is 1. The fraction of sp³-hybridized carbons (Fsp3) is 0.667. The number of nitrogens with zero attached hydrogens (tertiary/aromatic N) is 1. The van der Waals surface area contributed by atoms with Gasteiger partial charge in [0.15, 0.2) is 0 Å². The van der Waals surface area contributed by atoms with E-state index in [0.29, 0.717) is 12.5 Å². The Morgan fingerprint density at radius 1 is 1.60 bits per heavy atom. The summed E-state index contributed by atoms with van der Waals surface area (Å²) in [6.45, 7) is 5.16. The Morgan fingerprint density at radius 3 is 3.00 bits per heavy atom. The Morgan fingerprint density at radius 2 is 2.40 bits per heavy atom. The third kappa shape index (κ3) is 2.24. The summed E-state index contributed by atoms with van der Waals surface area (Å²) in [7, 11) is 2.20. The Kier molecular flexibility index (Phi) is 3.12. The van der Waals surface area contributed by atoms with Crippen LogP contribution < -0.4 is 5.73 Å². The number of nitrogens with two attached hydrogens (primary N) is 1. The molecule has 0 amide bonds. The van der Waals surface area contributed by atoms with Crippen LogP contribution >= 0.6 is 0 Å². The molecular weight excluding hydrogens is 186 g/mol. The van der Waals surface area contributed by atoms with Gasteiger partial charge in [-0.2, -0.15) is 0 Å². The first-order chi connectivity index (χ1) is 7.20. The average Bonchev–Trinajstić information content (AvgIpc) is 2.60. The molecule has 1 aliphatic rings. The number of hydrogen-bond donors (Lipinski definition) is 2. The van der Waals surface area contributed by atoms with Crippen molar-refractivity contribution in [2.75, 3.05) is 20.1 Å². The molecule has 0 radical (unpaired) electrons. The van der Waals surface area contributed by atoms with E-state index in [1.54, 1.807) is 0 Å². The molecule has 1 unspecified atom stereocenters. The fourth-order valence-electron chi connectivity index (χ4n) is 2.48. The fourth-order valence-corrected chi connectivity index (χ4v) is 2.48. The smallest absolute Gasteiger partial charge is 0.0196 e. The van der Waals surface area contributed by atoms with Crippen molar-refractivity contribution in [1.82, 2.24) is 9.88 Å². The summed E-state index contributed by atoms with van der Waals surface area (Å²) in [6.07, 6.45) is 2.60. The predicted octanol–water partition coefficient (Wildman–Crippen LogP) is 1.59. The highest BCUT2D eigenvalue weighted by atomic mass is 15.1. The summed E-state index contributed by atoms with van der Waals surface area (Å²) < 4.78 is 0. The topological polar surface area (TPSA) is 45.0 Å². The first-order valence-corrected chi connectivity index (χ1v) is 5.77. The minimum absolute atomic E-state index is 0.644. The van der Waals surface area contributed by atoms with Gasteiger partial charge in [0.25, 0.3) is 0 Å². The minimum atomic E-state index is 0.644. The molecule has 3 N–H and O–H groups in total. The molecule has 0 spiro atoms. The molecule has 1 aliphatic heterocycles. The molecule has 2 heterocycles. The van der Waals surface area contributed by atoms with Crippen molar-refractivity contribution in [1.29, 1.82) is 0 Å². The molecule has 3 heteroatoms. The lowest BCUT2D eigenvalue weighted by Crippen LogP contribution is -2.30. The molecule has 1 fully saturated rings. The SMILES string of the molecule is Cc1[nH]c(C2CCCN(C)C2)cc1CN. The molecule has 1 saturated heterocycles. The van der Waals surface area contributed by atoms with E-state index < -0.39 is 0 Å². The van der Waals surface area contributed by atoms with E-state index in [-0.39, 0.29) is 0 Å². The molecule has 1 atom stereocenters. The highest BCUT2D eigenvalue weighted by Gasteiger charge is 2.20. The van der Waals surface area contributed by atoms with Crippen molar-refractivity contribution < 1.29 is 0 Å². The van der Waals surface area contributed by atoms with Gasteiger partial charge in [-0.15, -0.1) is 0 Å². The summed E-state index contributed by atoms with van der Waals surface area (Å²) in [5, 5.41) is 0. The van der Waals surface area contributed by atoms with E-state index in [1.165, 1.54) is 42.9 Å². The van der Waals surface area contributed by atoms with E-state index in [4.69, 9.17) is 5.73 Å². The Labute approximate surface area is 91.7 Å². The van der Waals surface area contributed by atoms with E-state index in [1.807, 2.05) is 0 Å². The Bertz CT molecular complexity index is 330. The van der Waals surface area contributed by atoms with Gasteiger partial charge in [-0.3, -0.25) is 0 Å². The largest absolute Gasteiger partial charge is 0.362 e. The summed E-state index contributed by atoms with van der Waals surface area (Å²) >= 11 is 0. The van der Waals surface area contributed by atoms with Gasteiger partial charge in [0, 0.05) is 30.4 Å². The van der Waals surface area contributed by atoms with Gasteiger partial charge in [0.2, 0.25) is 0 Å². The lowest BCUT2D eigenvalue weighted by molar-refractivity contribution is 0.249. The number of aromatic nitrogens is 1. The van der Waals surface area contributed by atoms with Gasteiger partial charge in [0.05, 0.1) is 0 Å². The highest BCUT2D eigenvalue weighted by Crippen LogP contribution is 2.26. The lowest BCUT2D eigenvalue weighted by atomic mass is 9.95. The van der Waals surface area contributed by atoms with Crippen LogP contribution in [0.5, 0.6) is 0 Å². The van der Waals surface area contributed by atoms with Crippen molar-refractivity contribution in [3.05, 3.63) is 23.0 Å². The summed E-state index contributed by atoms with van der Waals surface area (Å²) in [5.41, 5.74) is 9.56. The first-order valence-electron chi connectivity index (χ1n) is 5.77. The van der Waals surface area contributed by atoms with Crippen LogP contribution in [0, 0.1) is 6.92 Å². The molecule has 2 rings (SSSR count). The molecule has 0 saturated carbocycles. The minimum Gasteiger partial charge on any atom is -0.362 e.